The molecule has 7 heteroatoms. The molecule has 0 fully saturated rings. The molecule has 1 aliphatic rings. The standard InChI is InChI=1S/C16H24FN3O2.HI/c1-10(2)11(3)20-16(18-4)19-7-12-5-14(17)6-13-8-21-9-22-15(12)13;/h5-6,10-11H,7-9H2,1-4H3,(H2,18,19,20);1H. The van der Waals surface area contributed by atoms with Crippen LogP contribution in [0.4, 0.5) is 4.39 Å². The SMILES string of the molecule is CN=C(NCc1cc(F)cc2c1OCOC2)NC(C)C(C)C.I. The van der Waals surface area contributed by atoms with Gasteiger partial charge in [-0.05, 0) is 25.0 Å². The molecule has 1 aliphatic heterocycles. The molecular weight excluding hydrogens is 412 g/mol. The van der Waals surface area contributed by atoms with Gasteiger partial charge in [0.2, 0.25) is 0 Å². The molecule has 0 saturated carbocycles. The summed E-state index contributed by atoms with van der Waals surface area (Å²) in [6, 6.07) is 3.22. The van der Waals surface area contributed by atoms with Gasteiger partial charge in [0.15, 0.2) is 12.8 Å². The van der Waals surface area contributed by atoms with E-state index in [0.717, 1.165) is 11.1 Å². The predicted molar refractivity (Wildman–Crippen MR) is 99.7 cm³/mol. The molecule has 0 saturated heterocycles. The lowest BCUT2D eigenvalue weighted by atomic mass is 10.1. The molecule has 5 nitrogen and oxygen atoms in total. The highest BCUT2D eigenvalue weighted by Crippen LogP contribution is 2.29. The Morgan fingerprint density at radius 2 is 2.09 bits per heavy atom. The first kappa shape index (κ1) is 20.0. The molecular formula is C16H25FIN3O2. The van der Waals surface area contributed by atoms with E-state index < -0.39 is 0 Å². The van der Waals surface area contributed by atoms with Crippen LogP contribution < -0.4 is 15.4 Å². The van der Waals surface area contributed by atoms with E-state index in [4.69, 9.17) is 9.47 Å². The van der Waals surface area contributed by atoms with Crippen molar-refractivity contribution in [3.63, 3.8) is 0 Å². The van der Waals surface area contributed by atoms with Gasteiger partial charge in [0.05, 0.1) is 6.61 Å². The molecule has 1 heterocycles. The van der Waals surface area contributed by atoms with Gasteiger partial charge in [0, 0.05) is 30.8 Å². The number of fused-ring (bicyclic) bond motifs is 1. The zero-order valence-electron chi connectivity index (χ0n) is 14.0. The zero-order chi connectivity index (χ0) is 16.1. The van der Waals surface area contributed by atoms with Gasteiger partial charge in [-0.25, -0.2) is 4.39 Å². The molecule has 1 aromatic rings. The van der Waals surface area contributed by atoms with Crippen molar-refractivity contribution in [3.05, 3.63) is 29.1 Å². The summed E-state index contributed by atoms with van der Waals surface area (Å²) in [4.78, 5) is 4.20. The van der Waals surface area contributed by atoms with Crippen LogP contribution in [0.5, 0.6) is 5.75 Å². The van der Waals surface area contributed by atoms with Crippen molar-refractivity contribution >= 4 is 29.9 Å². The molecule has 0 bridgehead atoms. The summed E-state index contributed by atoms with van der Waals surface area (Å²) in [5, 5.41) is 6.51. The third kappa shape index (κ3) is 5.49. The lowest BCUT2D eigenvalue weighted by Gasteiger charge is -2.23. The first-order valence-electron chi connectivity index (χ1n) is 7.50. The van der Waals surface area contributed by atoms with Crippen LogP contribution in [0, 0.1) is 11.7 Å². The van der Waals surface area contributed by atoms with Gasteiger partial charge in [0.1, 0.15) is 11.6 Å². The van der Waals surface area contributed by atoms with E-state index in [-0.39, 0.29) is 42.6 Å². The third-order valence-electron chi connectivity index (χ3n) is 3.79. The number of benzene rings is 1. The maximum Gasteiger partial charge on any atom is 0.191 e. The van der Waals surface area contributed by atoms with Gasteiger partial charge in [-0.2, -0.15) is 0 Å². The van der Waals surface area contributed by atoms with Crippen LogP contribution in [0.25, 0.3) is 0 Å². The summed E-state index contributed by atoms with van der Waals surface area (Å²) in [6.07, 6.45) is 0. The summed E-state index contributed by atoms with van der Waals surface area (Å²) in [6.45, 7) is 7.39. The van der Waals surface area contributed by atoms with Crippen LogP contribution in [-0.4, -0.2) is 25.8 Å². The van der Waals surface area contributed by atoms with Gasteiger partial charge in [-0.3, -0.25) is 4.99 Å². The second kappa shape index (κ2) is 9.27. The average Bonchev–Trinajstić information content (AvgIpc) is 2.50. The summed E-state index contributed by atoms with van der Waals surface area (Å²) in [7, 11) is 1.72. The Hall–Kier alpha value is -1.09. The molecule has 0 amide bonds. The van der Waals surface area contributed by atoms with Crippen LogP contribution >= 0.6 is 24.0 Å². The fourth-order valence-electron chi connectivity index (χ4n) is 2.14. The summed E-state index contributed by atoms with van der Waals surface area (Å²) < 4.78 is 24.4. The quantitative estimate of drug-likeness (QED) is 0.432. The van der Waals surface area contributed by atoms with Crippen LogP contribution in [0.15, 0.2) is 17.1 Å². The normalized spacial score (nSPS) is 15.3. The molecule has 1 atom stereocenters. The highest BCUT2D eigenvalue weighted by Gasteiger charge is 2.17. The molecule has 23 heavy (non-hydrogen) atoms. The Bertz CT molecular complexity index is 552. The fourth-order valence-corrected chi connectivity index (χ4v) is 2.14. The highest BCUT2D eigenvalue weighted by molar-refractivity contribution is 14.0. The smallest absolute Gasteiger partial charge is 0.191 e. The van der Waals surface area contributed by atoms with Crippen molar-refractivity contribution in [2.45, 2.75) is 40.0 Å². The van der Waals surface area contributed by atoms with Crippen molar-refractivity contribution in [2.75, 3.05) is 13.8 Å². The second-order valence-electron chi connectivity index (χ2n) is 5.77. The molecule has 0 aromatic heterocycles. The maximum absolute atomic E-state index is 13.7. The summed E-state index contributed by atoms with van der Waals surface area (Å²) in [5.41, 5.74) is 1.50. The minimum atomic E-state index is -0.289. The van der Waals surface area contributed by atoms with E-state index in [1.807, 2.05) is 0 Å². The third-order valence-corrected chi connectivity index (χ3v) is 3.79. The van der Waals surface area contributed by atoms with Gasteiger partial charge in [0.25, 0.3) is 0 Å². The van der Waals surface area contributed by atoms with Crippen LogP contribution in [0.3, 0.4) is 0 Å². The highest BCUT2D eigenvalue weighted by atomic mass is 127. The lowest BCUT2D eigenvalue weighted by molar-refractivity contribution is -0.0172. The molecule has 1 aromatic carbocycles. The van der Waals surface area contributed by atoms with E-state index in [9.17, 15) is 4.39 Å². The fraction of sp³-hybridized carbons (Fsp3) is 0.562. The maximum atomic E-state index is 13.7. The minimum Gasteiger partial charge on any atom is -0.467 e. The Morgan fingerprint density at radius 3 is 2.74 bits per heavy atom. The molecule has 0 spiro atoms. The number of hydrogen-bond acceptors (Lipinski definition) is 3. The molecule has 2 rings (SSSR count). The van der Waals surface area contributed by atoms with Gasteiger partial charge in [-0.1, -0.05) is 13.8 Å². The Balaban J connectivity index is 0.00000264. The second-order valence-corrected chi connectivity index (χ2v) is 5.77. The monoisotopic (exact) mass is 437 g/mol. The predicted octanol–water partition coefficient (Wildman–Crippen LogP) is 3.02. The topological polar surface area (TPSA) is 54.9 Å². The molecule has 2 N–H and O–H groups in total. The first-order valence-corrected chi connectivity index (χ1v) is 7.50. The molecule has 130 valence electrons. The number of hydrogen-bond donors (Lipinski definition) is 2. The number of rotatable bonds is 4. The largest absolute Gasteiger partial charge is 0.467 e. The van der Waals surface area contributed by atoms with Crippen LogP contribution in [0.2, 0.25) is 0 Å². The van der Waals surface area contributed by atoms with Gasteiger partial charge in [-0.15, -0.1) is 24.0 Å². The zero-order valence-corrected chi connectivity index (χ0v) is 16.3. The van der Waals surface area contributed by atoms with Crippen LogP contribution in [-0.2, 0) is 17.9 Å². The minimum absolute atomic E-state index is 0. The Kier molecular flexibility index (Phi) is 8.04. The summed E-state index contributed by atoms with van der Waals surface area (Å²) >= 11 is 0. The number of nitrogens with zero attached hydrogens (tertiary/aromatic N) is 1. The Labute approximate surface area is 154 Å². The molecule has 1 unspecified atom stereocenters. The van der Waals surface area contributed by atoms with Crippen molar-refractivity contribution in [2.24, 2.45) is 10.9 Å². The summed E-state index contributed by atoms with van der Waals surface area (Å²) in [5.74, 6) is 1.59. The van der Waals surface area contributed by atoms with E-state index in [1.54, 1.807) is 7.05 Å². The van der Waals surface area contributed by atoms with E-state index >= 15 is 0 Å². The van der Waals surface area contributed by atoms with Crippen LogP contribution in [0.1, 0.15) is 31.9 Å². The lowest BCUT2D eigenvalue weighted by Crippen LogP contribution is -2.44. The van der Waals surface area contributed by atoms with Crippen molar-refractivity contribution in [1.29, 1.82) is 0 Å². The molecule has 0 radical (unpaired) electrons. The van der Waals surface area contributed by atoms with Crippen molar-refractivity contribution in [1.82, 2.24) is 10.6 Å². The van der Waals surface area contributed by atoms with Crippen molar-refractivity contribution < 1.29 is 13.9 Å². The van der Waals surface area contributed by atoms with Gasteiger partial charge < -0.3 is 20.1 Å². The van der Waals surface area contributed by atoms with E-state index in [1.165, 1.54) is 12.1 Å². The average molecular weight is 437 g/mol. The van der Waals surface area contributed by atoms with Gasteiger partial charge >= 0.3 is 0 Å². The van der Waals surface area contributed by atoms with E-state index in [0.29, 0.717) is 30.8 Å². The Morgan fingerprint density at radius 1 is 1.35 bits per heavy atom. The number of guanidine groups is 1. The number of ether oxygens (including phenoxy) is 2. The first-order chi connectivity index (χ1) is 10.5. The number of aliphatic imine (C=N–C) groups is 1. The number of nitrogens with one attached hydrogen (secondary N) is 2. The molecule has 0 aliphatic carbocycles. The number of halogens is 2. The van der Waals surface area contributed by atoms with Crippen molar-refractivity contribution in [3.8, 4) is 5.75 Å². The van der Waals surface area contributed by atoms with E-state index in [2.05, 4.69) is 36.4 Å².